The minimum absolute atomic E-state index is 0.00799. The highest BCUT2D eigenvalue weighted by molar-refractivity contribution is 5.95. The first-order valence-electron chi connectivity index (χ1n) is 13.2. The molecule has 0 unspecified atom stereocenters. The number of aromatic amines is 1. The highest BCUT2D eigenvalue weighted by Crippen LogP contribution is 2.24. The summed E-state index contributed by atoms with van der Waals surface area (Å²) >= 11 is 0. The van der Waals surface area contributed by atoms with Gasteiger partial charge in [-0.3, -0.25) is 9.59 Å². The molecular formula is C31H24F4N6O4. The molecule has 2 N–H and O–H groups in total. The fraction of sp³-hybridized carbons (Fsp3) is 0.226. The number of fused-ring (bicyclic) bond motifs is 1. The van der Waals surface area contributed by atoms with Gasteiger partial charge in [-0.25, -0.2) is 19.3 Å². The topological polar surface area (TPSA) is 143 Å². The summed E-state index contributed by atoms with van der Waals surface area (Å²) in [7, 11) is 1.88. The summed E-state index contributed by atoms with van der Waals surface area (Å²) in [5.41, 5.74) is 2.22. The predicted octanol–water partition coefficient (Wildman–Crippen LogP) is 3.89. The van der Waals surface area contributed by atoms with Crippen molar-refractivity contribution in [2.24, 2.45) is 0 Å². The molecule has 0 aliphatic carbocycles. The Labute approximate surface area is 253 Å². The largest absolute Gasteiger partial charge is 0.490 e. The molecule has 2 aromatic carbocycles. The molecule has 1 aliphatic heterocycles. The van der Waals surface area contributed by atoms with Crippen molar-refractivity contribution in [2.45, 2.75) is 25.6 Å². The monoisotopic (exact) mass is 620 g/mol. The van der Waals surface area contributed by atoms with Gasteiger partial charge in [0.25, 0.3) is 11.5 Å². The van der Waals surface area contributed by atoms with Crippen LogP contribution in [0.1, 0.15) is 39.7 Å². The zero-order valence-electron chi connectivity index (χ0n) is 23.8. The van der Waals surface area contributed by atoms with Gasteiger partial charge in [-0.1, -0.05) is 12.0 Å². The average molecular weight is 621 g/mol. The zero-order valence-corrected chi connectivity index (χ0v) is 23.8. The van der Waals surface area contributed by atoms with Gasteiger partial charge in [0.15, 0.2) is 0 Å². The number of carbonyl (C=O) groups excluding carboxylic acids is 1. The van der Waals surface area contributed by atoms with Crippen molar-refractivity contribution in [3.8, 4) is 17.9 Å². The standard InChI is InChI=1S/C29H23FN6O2.C2HF3O2/c1-3-4-18-5-8-22-23(11-18)26(33-34-28(22)37)13-19-6-9-25(30)24(12-19)29(38)36-16-21(17-36)35(2)27-10-7-20(14-31)15-32-27;3-2(4,5)1(6)7/h5-12,15,21H,13,16-17H2,1-2H3,(H,34,37);(H,6,7). The third-order valence-electron chi connectivity index (χ3n) is 6.95. The second-order valence-electron chi connectivity index (χ2n) is 9.92. The summed E-state index contributed by atoms with van der Waals surface area (Å²) in [5, 5.41) is 24.0. The number of likely N-dealkylation sites (tertiary alicyclic amines) is 1. The maximum atomic E-state index is 14.7. The van der Waals surface area contributed by atoms with Gasteiger partial charge in [-0.15, -0.1) is 5.92 Å². The van der Waals surface area contributed by atoms with Crippen LogP contribution in [0, 0.1) is 29.0 Å². The summed E-state index contributed by atoms with van der Waals surface area (Å²) in [4.78, 5) is 42.2. The number of benzene rings is 2. The van der Waals surface area contributed by atoms with Crippen LogP contribution in [-0.4, -0.2) is 69.4 Å². The fourth-order valence-electron chi connectivity index (χ4n) is 4.50. The summed E-state index contributed by atoms with van der Waals surface area (Å²) in [6.07, 6.45) is -3.28. The van der Waals surface area contributed by atoms with Crippen molar-refractivity contribution in [3.05, 3.63) is 98.8 Å². The van der Waals surface area contributed by atoms with E-state index in [0.29, 0.717) is 52.9 Å². The summed E-state index contributed by atoms with van der Waals surface area (Å²) in [6.45, 7) is 2.59. The number of nitriles is 1. The van der Waals surface area contributed by atoms with Crippen molar-refractivity contribution in [1.82, 2.24) is 20.1 Å². The second kappa shape index (κ2) is 13.3. The number of aliphatic carboxylic acids is 1. The molecule has 45 heavy (non-hydrogen) atoms. The normalized spacial score (nSPS) is 12.6. The number of anilines is 1. The molecule has 3 heterocycles. The third-order valence-corrected chi connectivity index (χ3v) is 6.95. The first kappa shape index (κ1) is 32.2. The Balaban J connectivity index is 0.000000591. The average Bonchev–Trinajstić information content (AvgIpc) is 2.98. The number of H-pyrrole nitrogens is 1. The summed E-state index contributed by atoms with van der Waals surface area (Å²) in [6, 6.07) is 15.3. The van der Waals surface area contributed by atoms with Crippen LogP contribution in [-0.2, 0) is 11.2 Å². The number of nitrogens with one attached hydrogen (secondary N) is 1. The molecule has 1 amide bonds. The number of hydrogen-bond acceptors (Lipinski definition) is 7. The van der Waals surface area contributed by atoms with Crippen molar-refractivity contribution < 1.29 is 32.3 Å². The molecule has 0 spiro atoms. The number of halogens is 4. The van der Waals surface area contributed by atoms with Crippen LogP contribution < -0.4 is 10.5 Å². The van der Waals surface area contributed by atoms with Crippen LogP contribution in [0.15, 0.2) is 59.5 Å². The smallest absolute Gasteiger partial charge is 0.475 e. The fourth-order valence-corrected chi connectivity index (χ4v) is 4.50. The van der Waals surface area contributed by atoms with Gasteiger partial charge in [-0.2, -0.15) is 23.5 Å². The minimum atomic E-state index is -5.08. The van der Waals surface area contributed by atoms with Crippen LogP contribution in [0.4, 0.5) is 23.4 Å². The van der Waals surface area contributed by atoms with Crippen molar-refractivity contribution in [1.29, 1.82) is 5.26 Å². The van der Waals surface area contributed by atoms with Gasteiger partial charge in [0.05, 0.1) is 28.2 Å². The van der Waals surface area contributed by atoms with Crippen LogP contribution >= 0.6 is 0 Å². The number of hydrogen-bond donors (Lipinski definition) is 2. The van der Waals surface area contributed by atoms with Gasteiger partial charge in [0, 0.05) is 43.7 Å². The van der Waals surface area contributed by atoms with E-state index < -0.39 is 18.0 Å². The van der Waals surface area contributed by atoms with Gasteiger partial charge in [-0.05, 0) is 55.0 Å². The predicted molar refractivity (Wildman–Crippen MR) is 155 cm³/mol. The number of rotatable bonds is 5. The van der Waals surface area contributed by atoms with Crippen LogP contribution in [0.5, 0.6) is 0 Å². The lowest BCUT2D eigenvalue weighted by molar-refractivity contribution is -0.192. The van der Waals surface area contributed by atoms with E-state index in [2.05, 4.69) is 27.0 Å². The molecule has 4 aromatic rings. The first-order chi connectivity index (χ1) is 21.3. The molecule has 0 bridgehead atoms. The Morgan fingerprint density at radius 1 is 1.11 bits per heavy atom. The van der Waals surface area contributed by atoms with Crippen molar-refractivity contribution in [2.75, 3.05) is 25.0 Å². The molecule has 1 fully saturated rings. The second-order valence-corrected chi connectivity index (χ2v) is 9.92. The molecular weight excluding hydrogens is 596 g/mol. The van der Waals surface area contributed by atoms with Crippen molar-refractivity contribution >= 4 is 28.5 Å². The number of carboxylic acids is 1. The lowest BCUT2D eigenvalue weighted by Gasteiger charge is -2.44. The number of nitrogens with zero attached hydrogens (tertiary/aromatic N) is 5. The SMILES string of the molecule is CC#Cc1ccc2c(=O)[nH]nc(Cc3ccc(F)c(C(=O)N4CC(N(C)c5ccc(C#N)cn5)C4)c3)c2c1.O=C(O)C(F)(F)F. The highest BCUT2D eigenvalue weighted by atomic mass is 19.4. The van der Waals surface area contributed by atoms with E-state index >= 15 is 0 Å². The molecule has 230 valence electrons. The molecule has 0 saturated carbocycles. The molecule has 0 atom stereocenters. The summed E-state index contributed by atoms with van der Waals surface area (Å²) in [5.74, 6) is 2.79. The molecule has 5 rings (SSSR count). The molecule has 2 aromatic heterocycles. The first-order valence-corrected chi connectivity index (χ1v) is 13.2. The van der Waals surface area contributed by atoms with E-state index in [1.165, 1.54) is 12.3 Å². The molecule has 14 heteroatoms. The zero-order chi connectivity index (χ0) is 32.9. The van der Waals surface area contributed by atoms with Gasteiger partial charge < -0.3 is 14.9 Å². The van der Waals surface area contributed by atoms with E-state index in [1.54, 1.807) is 48.2 Å². The molecule has 10 nitrogen and oxygen atoms in total. The maximum Gasteiger partial charge on any atom is 0.490 e. The van der Waals surface area contributed by atoms with Crippen molar-refractivity contribution in [3.63, 3.8) is 0 Å². The number of pyridine rings is 1. The molecule has 0 radical (unpaired) electrons. The van der Waals surface area contributed by atoms with E-state index in [4.69, 9.17) is 15.2 Å². The van der Waals surface area contributed by atoms with Crippen LogP contribution in [0.25, 0.3) is 10.8 Å². The molecule has 1 aliphatic rings. The minimum Gasteiger partial charge on any atom is -0.475 e. The number of aromatic nitrogens is 3. The van der Waals surface area contributed by atoms with Gasteiger partial charge in [0.1, 0.15) is 17.7 Å². The number of amides is 1. The van der Waals surface area contributed by atoms with E-state index in [1.807, 2.05) is 24.1 Å². The Hall–Kier alpha value is -5.76. The van der Waals surface area contributed by atoms with Crippen LogP contribution in [0.3, 0.4) is 0 Å². The van der Waals surface area contributed by atoms with Gasteiger partial charge >= 0.3 is 12.1 Å². The lowest BCUT2D eigenvalue weighted by Crippen LogP contribution is -2.60. The quantitative estimate of drug-likeness (QED) is 0.253. The van der Waals surface area contributed by atoms with E-state index in [-0.39, 0.29) is 23.1 Å². The highest BCUT2D eigenvalue weighted by Gasteiger charge is 2.38. The Morgan fingerprint density at radius 2 is 1.80 bits per heavy atom. The Kier molecular flexibility index (Phi) is 9.48. The van der Waals surface area contributed by atoms with Crippen LogP contribution in [0.2, 0.25) is 0 Å². The molecule has 1 saturated heterocycles. The third kappa shape index (κ3) is 7.43. The number of carbonyl (C=O) groups is 2. The Bertz CT molecular complexity index is 1920. The lowest BCUT2D eigenvalue weighted by atomic mass is 9.99. The number of carboxylic acid groups (broad SMARTS) is 1. The van der Waals surface area contributed by atoms with Gasteiger partial charge in [0.2, 0.25) is 0 Å². The number of alkyl halides is 3. The Morgan fingerprint density at radius 3 is 2.40 bits per heavy atom. The van der Waals surface area contributed by atoms with E-state index in [0.717, 1.165) is 5.56 Å². The number of likely N-dealkylation sites (N-methyl/N-ethyl adjacent to an activating group) is 1. The van der Waals surface area contributed by atoms with E-state index in [9.17, 15) is 27.2 Å². The maximum absolute atomic E-state index is 14.7. The summed E-state index contributed by atoms with van der Waals surface area (Å²) < 4.78 is 46.5.